The van der Waals surface area contributed by atoms with Crippen LogP contribution in [0.25, 0.3) is 0 Å². The lowest BCUT2D eigenvalue weighted by Crippen LogP contribution is -2.25. The highest BCUT2D eigenvalue weighted by Crippen LogP contribution is 2.40. The van der Waals surface area contributed by atoms with Crippen molar-refractivity contribution in [1.29, 1.82) is 0 Å². The zero-order valence-electron chi connectivity index (χ0n) is 10.1. The fraction of sp³-hybridized carbons (Fsp3) is 0.500. The number of hydrogen-bond donors (Lipinski definition) is 0. The van der Waals surface area contributed by atoms with Gasteiger partial charge in [-0.05, 0) is 26.3 Å². The lowest BCUT2D eigenvalue weighted by atomic mass is 10.1. The largest absolute Gasteiger partial charge is 0.288 e. The van der Waals surface area contributed by atoms with Crippen molar-refractivity contribution in [3.63, 3.8) is 0 Å². The van der Waals surface area contributed by atoms with Crippen molar-refractivity contribution in [2.75, 3.05) is 6.52 Å². The standard InChI is InChI=1S/C12H17N.B/c1-12(2,3)13-9-11(13)10-7-5-4-6-8-10;/h4-8,11H,9H2,1-3H3;/t11-,13?;/m1./s1/i9D;/t9-,11-,13?;. The van der Waals surface area contributed by atoms with E-state index in [4.69, 9.17) is 1.37 Å². The number of benzene rings is 1. The first-order chi connectivity index (χ1) is 6.52. The molecule has 0 N–H and O–H groups in total. The van der Waals surface area contributed by atoms with Crippen LogP contribution in [-0.4, -0.2) is 25.4 Å². The van der Waals surface area contributed by atoms with Gasteiger partial charge in [0.1, 0.15) is 0 Å². The first-order valence-electron chi connectivity index (χ1n) is 5.35. The van der Waals surface area contributed by atoms with Gasteiger partial charge in [-0.2, -0.15) is 0 Å². The molecule has 1 heterocycles. The van der Waals surface area contributed by atoms with Crippen LogP contribution in [0.5, 0.6) is 0 Å². The molecular formula is C12H17BN. The van der Waals surface area contributed by atoms with E-state index in [0.29, 0.717) is 6.04 Å². The Labute approximate surface area is 90.1 Å². The van der Waals surface area contributed by atoms with Crippen molar-refractivity contribution in [2.45, 2.75) is 32.4 Å². The molecule has 2 heteroatoms. The molecule has 1 aromatic carbocycles. The van der Waals surface area contributed by atoms with Gasteiger partial charge in [-0.15, -0.1) is 0 Å². The Morgan fingerprint density at radius 2 is 1.86 bits per heavy atom. The topological polar surface area (TPSA) is 3.01 Å². The van der Waals surface area contributed by atoms with Crippen molar-refractivity contribution in [2.24, 2.45) is 0 Å². The van der Waals surface area contributed by atoms with Crippen LogP contribution in [0.15, 0.2) is 30.3 Å². The molecule has 0 amide bonds. The monoisotopic (exact) mass is 187 g/mol. The molecule has 1 unspecified atom stereocenters. The zero-order chi connectivity index (χ0) is 10.3. The van der Waals surface area contributed by atoms with Gasteiger partial charge in [0, 0.05) is 27.9 Å². The smallest absolute Gasteiger partial charge is 0.0481 e. The third kappa shape index (κ3) is 2.18. The first kappa shape index (κ1) is 9.79. The van der Waals surface area contributed by atoms with Crippen molar-refractivity contribution in [3.8, 4) is 0 Å². The molecule has 1 aliphatic rings. The molecule has 0 aromatic heterocycles. The van der Waals surface area contributed by atoms with E-state index in [1.54, 1.807) is 0 Å². The fourth-order valence-electron chi connectivity index (χ4n) is 1.65. The van der Waals surface area contributed by atoms with Crippen LogP contribution in [0.1, 0.15) is 33.7 Å². The molecule has 1 aromatic rings. The zero-order valence-corrected chi connectivity index (χ0v) is 9.07. The van der Waals surface area contributed by atoms with Gasteiger partial charge < -0.3 is 0 Å². The Morgan fingerprint density at radius 3 is 2.29 bits per heavy atom. The second-order valence-corrected chi connectivity index (χ2v) is 4.58. The predicted octanol–water partition coefficient (Wildman–Crippen LogP) is 2.46. The van der Waals surface area contributed by atoms with Gasteiger partial charge in [0.15, 0.2) is 0 Å². The molecular weight excluding hydrogens is 169 g/mol. The van der Waals surface area contributed by atoms with Crippen LogP contribution in [0.2, 0.25) is 0 Å². The maximum atomic E-state index is 7.93. The lowest BCUT2D eigenvalue weighted by Gasteiger charge is -2.21. The summed E-state index contributed by atoms with van der Waals surface area (Å²) in [5, 5.41) is 0. The minimum atomic E-state index is -0.0580. The second kappa shape index (κ2) is 3.78. The summed E-state index contributed by atoms with van der Waals surface area (Å²) in [4.78, 5) is 2.22. The summed E-state index contributed by atoms with van der Waals surface area (Å²) in [6.45, 7) is 6.43. The van der Waals surface area contributed by atoms with Crippen LogP contribution < -0.4 is 0 Å². The summed E-state index contributed by atoms with van der Waals surface area (Å²) in [6.07, 6.45) is 0. The molecule has 14 heavy (non-hydrogen) atoms. The Kier molecular flexibility index (Phi) is 2.64. The normalized spacial score (nSPS) is 31.6. The van der Waals surface area contributed by atoms with E-state index in [0.717, 1.165) is 0 Å². The van der Waals surface area contributed by atoms with E-state index >= 15 is 0 Å². The van der Waals surface area contributed by atoms with Gasteiger partial charge in [0.05, 0.1) is 0 Å². The summed E-state index contributed by atoms with van der Waals surface area (Å²) < 4.78 is 7.93. The molecule has 0 saturated carbocycles. The predicted molar refractivity (Wildman–Crippen MR) is 61.4 cm³/mol. The average Bonchev–Trinajstić information content (AvgIpc) is 2.78. The Hall–Kier alpha value is -0.755. The quantitative estimate of drug-likeness (QED) is 0.482. The molecule has 3 radical (unpaired) electrons. The molecule has 3 atom stereocenters. The van der Waals surface area contributed by atoms with Crippen LogP contribution in [0, 0.1) is 0 Å². The fourth-order valence-corrected chi connectivity index (χ4v) is 1.65. The lowest BCUT2D eigenvalue weighted by molar-refractivity contribution is 0.287. The molecule has 1 saturated heterocycles. The van der Waals surface area contributed by atoms with Crippen molar-refractivity contribution in [3.05, 3.63) is 35.9 Å². The van der Waals surface area contributed by atoms with Gasteiger partial charge in [-0.1, -0.05) is 30.3 Å². The first-order valence-corrected chi connectivity index (χ1v) is 4.77. The van der Waals surface area contributed by atoms with Crippen molar-refractivity contribution < 1.29 is 1.37 Å². The molecule has 0 spiro atoms. The van der Waals surface area contributed by atoms with Crippen LogP contribution in [0.4, 0.5) is 0 Å². The second-order valence-electron chi connectivity index (χ2n) is 4.58. The molecule has 73 valence electrons. The van der Waals surface area contributed by atoms with Gasteiger partial charge in [-0.25, -0.2) is 0 Å². The van der Waals surface area contributed by atoms with E-state index in [9.17, 15) is 0 Å². The van der Waals surface area contributed by atoms with Crippen molar-refractivity contribution >= 4 is 8.41 Å². The van der Waals surface area contributed by atoms with Gasteiger partial charge >= 0.3 is 0 Å². The Morgan fingerprint density at radius 1 is 1.29 bits per heavy atom. The number of nitrogens with zero attached hydrogens (tertiary/aromatic N) is 1. The summed E-state index contributed by atoms with van der Waals surface area (Å²) in [6, 6.07) is 10.6. The molecule has 1 fully saturated rings. The van der Waals surface area contributed by atoms with Gasteiger partial charge in [0.2, 0.25) is 0 Å². The van der Waals surface area contributed by atoms with Crippen LogP contribution >= 0.6 is 0 Å². The summed E-state index contributed by atoms with van der Waals surface area (Å²) in [5.41, 5.74) is 1.37. The Bertz CT molecular complexity index is 320. The minimum Gasteiger partial charge on any atom is -0.288 e. The number of hydrogen-bond acceptors (Lipinski definition) is 1. The summed E-state index contributed by atoms with van der Waals surface area (Å²) in [5.74, 6) is 0. The number of rotatable bonds is 1. The Balaban J connectivity index is 0.00000112. The van der Waals surface area contributed by atoms with E-state index < -0.39 is 0 Å². The third-order valence-corrected chi connectivity index (χ3v) is 2.43. The average molecular weight is 187 g/mol. The molecule has 2 rings (SSSR count). The maximum absolute atomic E-state index is 7.93. The van der Waals surface area contributed by atoms with E-state index in [1.165, 1.54) is 5.56 Å². The SMILES string of the molecule is [2H][C@@H]1[C@H](c2ccccc2)N1C(C)(C)C.[B]. The van der Waals surface area contributed by atoms with Gasteiger partial charge in [0.25, 0.3) is 0 Å². The van der Waals surface area contributed by atoms with E-state index in [1.807, 2.05) is 18.2 Å². The molecule has 1 aliphatic heterocycles. The third-order valence-electron chi connectivity index (χ3n) is 2.43. The van der Waals surface area contributed by atoms with E-state index in [2.05, 4.69) is 37.8 Å². The van der Waals surface area contributed by atoms with E-state index in [-0.39, 0.29) is 20.5 Å². The maximum Gasteiger partial charge on any atom is 0.0481 e. The summed E-state index contributed by atoms with van der Waals surface area (Å²) in [7, 11) is 0. The van der Waals surface area contributed by atoms with Crippen molar-refractivity contribution in [1.82, 2.24) is 4.90 Å². The molecule has 0 bridgehead atoms. The molecule has 1 nitrogen and oxygen atoms in total. The highest BCUT2D eigenvalue weighted by Gasteiger charge is 2.42. The van der Waals surface area contributed by atoms with Crippen LogP contribution in [0.3, 0.4) is 0 Å². The van der Waals surface area contributed by atoms with Gasteiger partial charge in [-0.3, -0.25) is 4.90 Å². The minimum absolute atomic E-state index is 0. The van der Waals surface area contributed by atoms with Crippen LogP contribution in [-0.2, 0) is 0 Å². The highest BCUT2D eigenvalue weighted by molar-refractivity contribution is 5.75. The summed E-state index contributed by atoms with van der Waals surface area (Å²) >= 11 is 0. The highest BCUT2D eigenvalue weighted by atomic mass is 15.3. The molecule has 0 aliphatic carbocycles.